The van der Waals surface area contributed by atoms with Gasteiger partial charge in [0.25, 0.3) is 5.69 Å². The molecular weight excluding hydrogens is 311 g/mol. The van der Waals surface area contributed by atoms with Crippen molar-refractivity contribution in [3.05, 3.63) is 39.7 Å². The van der Waals surface area contributed by atoms with E-state index in [4.69, 9.17) is 9.84 Å². The van der Waals surface area contributed by atoms with Crippen LogP contribution in [-0.4, -0.2) is 33.7 Å². The second kappa shape index (κ2) is 7.03. The quantitative estimate of drug-likeness (QED) is 0.632. The first-order valence-corrected chi connectivity index (χ1v) is 6.65. The van der Waals surface area contributed by atoms with E-state index in [9.17, 15) is 24.1 Å². The van der Waals surface area contributed by atoms with Gasteiger partial charge >= 0.3 is 12.1 Å². The Hall–Kier alpha value is -2.71. The lowest BCUT2D eigenvalue weighted by molar-refractivity contribution is -0.385. The van der Waals surface area contributed by atoms with Gasteiger partial charge in [-0.25, -0.2) is 14.0 Å². The molecule has 0 saturated carbocycles. The predicted octanol–water partition coefficient (Wildman–Crippen LogP) is 2.25. The Bertz CT molecular complexity index is 626. The van der Waals surface area contributed by atoms with Crippen LogP contribution >= 0.6 is 0 Å². The Kier molecular flexibility index (Phi) is 5.61. The molecule has 1 aromatic carbocycles. The first-order chi connectivity index (χ1) is 10.5. The number of carbonyl (C=O) groups excluding carboxylic acids is 1. The standard InChI is InChI=1S/C14H17FN2O6/c1-14(2,3)23-13(20)16-10(12(18)19)7-8-6-9(15)4-5-11(8)17(21)22/h4-6,10H,7H2,1-3H3,(H,16,20)(H,18,19). The largest absolute Gasteiger partial charge is 0.480 e. The Labute approximate surface area is 131 Å². The Morgan fingerprint density at radius 1 is 1.43 bits per heavy atom. The summed E-state index contributed by atoms with van der Waals surface area (Å²) in [4.78, 5) is 33.1. The minimum atomic E-state index is -1.50. The van der Waals surface area contributed by atoms with Crippen molar-refractivity contribution in [1.82, 2.24) is 5.32 Å². The maximum atomic E-state index is 13.3. The number of carboxylic acids is 1. The highest BCUT2D eigenvalue weighted by molar-refractivity contribution is 5.80. The van der Waals surface area contributed by atoms with E-state index in [2.05, 4.69) is 5.32 Å². The fourth-order valence-electron chi connectivity index (χ4n) is 1.77. The topological polar surface area (TPSA) is 119 Å². The summed E-state index contributed by atoms with van der Waals surface area (Å²) in [6.45, 7) is 4.79. The molecule has 0 saturated heterocycles. The van der Waals surface area contributed by atoms with E-state index in [-0.39, 0.29) is 5.56 Å². The highest BCUT2D eigenvalue weighted by Crippen LogP contribution is 2.21. The van der Waals surface area contributed by atoms with Gasteiger partial charge in [-0.2, -0.15) is 0 Å². The normalized spacial score (nSPS) is 12.3. The van der Waals surface area contributed by atoms with Crippen LogP contribution in [0.2, 0.25) is 0 Å². The van der Waals surface area contributed by atoms with Crippen molar-refractivity contribution in [2.45, 2.75) is 38.8 Å². The Morgan fingerprint density at radius 2 is 2.04 bits per heavy atom. The molecule has 0 aliphatic carbocycles. The summed E-state index contributed by atoms with van der Waals surface area (Å²) in [5.41, 5.74) is -1.40. The van der Waals surface area contributed by atoms with Crippen LogP contribution in [0.25, 0.3) is 0 Å². The number of hydrogen-bond donors (Lipinski definition) is 2. The fraction of sp³-hybridized carbons (Fsp3) is 0.429. The molecule has 1 rings (SSSR count). The van der Waals surface area contributed by atoms with Crippen LogP contribution in [0.15, 0.2) is 18.2 Å². The minimum Gasteiger partial charge on any atom is -0.480 e. The van der Waals surface area contributed by atoms with Crippen LogP contribution in [0.1, 0.15) is 26.3 Å². The molecule has 0 radical (unpaired) electrons. The second-order valence-corrected chi connectivity index (χ2v) is 5.77. The van der Waals surface area contributed by atoms with Gasteiger partial charge in [-0.05, 0) is 32.9 Å². The van der Waals surface area contributed by atoms with Gasteiger partial charge in [0.15, 0.2) is 0 Å². The lowest BCUT2D eigenvalue weighted by Gasteiger charge is -2.22. The van der Waals surface area contributed by atoms with Gasteiger partial charge in [0, 0.05) is 18.1 Å². The molecule has 0 aromatic heterocycles. The van der Waals surface area contributed by atoms with E-state index in [1.54, 1.807) is 20.8 Å². The molecule has 1 aromatic rings. The molecule has 1 amide bonds. The van der Waals surface area contributed by atoms with E-state index >= 15 is 0 Å². The molecule has 0 aliphatic heterocycles. The van der Waals surface area contributed by atoms with Gasteiger partial charge in [0.2, 0.25) is 0 Å². The first kappa shape index (κ1) is 18.3. The number of aliphatic carboxylic acids is 1. The van der Waals surface area contributed by atoms with E-state index in [1.807, 2.05) is 0 Å². The molecule has 0 bridgehead atoms. The van der Waals surface area contributed by atoms with Crippen molar-refractivity contribution in [2.75, 3.05) is 0 Å². The monoisotopic (exact) mass is 328 g/mol. The number of nitro groups is 1. The summed E-state index contributed by atoms with van der Waals surface area (Å²) in [5.74, 6) is -2.17. The van der Waals surface area contributed by atoms with E-state index in [0.29, 0.717) is 0 Å². The number of hydrogen-bond acceptors (Lipinski definition) is 5. The maximum absolute atomic E-state index is 13.3. The first-order valence-electron chi connectivity index (χ1n) is 6.65. The zero-order chi connectivity index (χ0) is 17.8. The van der Waals surface area contributed by atoms with Crippen LogP contribution in [-0.2, 0) is 16.0 Å². The van der Waals surface area contributed by atoms with Gasteiger partial charge in [-0.1, -0.05) is 0 Å². The number of halogens is 1. The molecule has 0 aliphatic rings. The molecule has 2 N–H and O–H groups in total. The van der Waals surface area contributed by atoms with Crippen LogP contribution < -0.4 is 5.32 Å². The van der Waals surface area contributed by atoms with E-state index in [0.717, 1.165) is 18.2 Å². The van der Waals surface area contributed by atoms with E-state index < -0.39 is 46.6 Å². The predicted molar refractivity (Wildman–Crippen MR) is 77.6 cm³/mol. The molecule has 0 fully saturated rings. The molecule has 23 heavy (non-hydrogen) atoms. The molecule has 8 nitrogen and oxygen atoms in total. The Morgan fingerprint density at radius 3 is 2.52 bits per heavy atom. The van der Waals surface area contributed by atoms with Crippen molar-refractivity contribution in [3.63, 3.8) is 0 Å². The second-order valence-electron chi connectivity index (χ2n) is 5.77. The number of nitrogens with one attached hydrogen (secondary N) is 1. The number of amides is 1. The average Bonchev–Trinajstić information content (AvgIpc) is 2.35. The number of alkyl carbamates (subject to hydrolysis) is 1. The number of carbonyl (C=O) groups is 2. The highest BCUT2D eigenvalue weighted by Gasteiger charge is 2.27. The summed E-state index contributed by atoms with van der Waals surface area (Å²) in [6, 6.07) is 1.21. The zero-order valence-corrected chi connectivity index (χ0v) is 12.8. The fourth-order valence-corrected chi connectivity index (χ4v) is 1.77. The number of rotatable bonds is 5. The molecular formula is C14H17FN2O6. The molecule has 126 valence electrons. The molecule has 1 atom stereocenters. The highest BCUT2D eigenvalue weighted by atomic mass is 19.1. The average molecular weight is 328 g/mol. The third-order valence-electron chi connectivity index (χ3n) is 2.65. The van der Waals surface area contributed by atoms with Gasteiger partial charge in [-0.3, -0.25) is 10.1 Å². The number of nitrogens with zero attached hydrogens (tertiary/aromatic N) is 1. The number of carboxylic acid groups (broad SMARTS) is 1. The zero-order valence-electron chi connectivity index (χ0n) is 12.8. The van der Waals surface area contributed by atoms with Gasteiger partial charge in [0.1, 0.15) is 17.5 Å². The smallest absolute Gasteiger partial charge is 0.408 e. The Balaban J connectivity index is 2.97. The summed E-state index contributed by atoms with van der Waals surface area (Å²) in [5, 5.41) is 22.2. The lowest BCUT2D eigenvalue weighted by atomic mass is 10.0. The van der Waals surface area contributed by atoms with Crippen LogP contribution in [0.4, 0.5) is 14.9 Å². The lowest BCUT2D eigenvalue weighted by Crippen LogP contribution is -2.44. The molecule has 0 heterocycles. The number of benzene rings is 1. The molecule has 1 unspecified atom stereocenters. The summed E-state index contributed by atoms with van der Waals surface area (Å²) < 4.78 is 18.2. The minimum absolute atomic E-state index is 0.140. The van der Waals surface area contributed by atoms with Crippen molar-refractivity contribution in [2.24, 2.45) is 0 Å². The van der Waals surface area contributed by atoms with Crippen LogP contribution in [0.5, 0.6) is 0 Å². The molecule has 9 heteroatoms. The van der Waals surface area contributed by atoms with Crippen LogP contribution in [0, 0.1) is 15.9 Å². The summed E-state index contributed by atoms with van der Waals surface area (Å²) in [7, 11) is 0. The summed E-state index contributed by atoms with van der Waals surface area (Å²) >= 11 is 0. The third kappa shape index (κ3) is 5.89. The van der Waals surface area contributed by atoms with Gasteiger partial charge < -0.3 is 15.2 Å². The van der Waals surface area contributed by atoms with Crippen molar-refractivity contribution < 1.29 is 28.7 Å². The maximum Gasteiger partial charge on any atom is 0.408 e. The molecule has 0 spiro atoms. The van der Waals surface area contributed by atoms with Gasteiger partial charge in [-0.15, -0.1) is 0 Å². The number of ether oxygens (including phenoxy) is 1. The number of nitro benzene ring substituents is 1. The van der Waals surface area contributed by atoms with Gasteiger partial charge in [0.05, 0.1) is 4.92 Å². The SMILES string of the molecule is CC(C)(C)OC(=O)NC(Cc1cc(F)ccc1[N+](=O)[O-])C(=O)O. The summed E-state index contributed by atoms with van der Waals surface area (Å²) in [6.07, 6.45) is -1.44. The third-order valence-corrected chi connectivity index (χ3v) is 2.65. The van der Waals surface area contributed by atoms with E-state index in [1.165, 1.54) is 0 Å². The van der Waals surface area contributed by atoms with Crippen molar-refractivity contribution in [3.8, 4) is 0 Å². The van der Waals surface area contributed by atoms with Crippen molar-refractivity contribution in [1.29, 1.82) is 0 Å². The van der Waals surface area contributed by atoms with Crippen molar-refractivity contribution >= 4 is 17.7 Å². The van der Waals surface area contributed by atoms with Crippen LogP contribution in [0.3, 0.4) is 0 Å².